The largest absolute Gasteiger partial charge is 0.455 e. The van der Waals surface area contributed by atoms with Gasteiger partial charge in [-0.15, -0.1) is 0 Å². The number of carbonyl (C=O) groups is 1. The first-order valence-corrected chi connectivity index (χ1v) is 9.60. The van der Waals surface area contributed by atoms with Crippen molar-refractivity contribution in [1.29, 1.82) is 0 Å². The summed E-state index contributed by atoms with van der Waals surface area (Å²) in [6.45, 7) is 2.57. The first kappa shape index (κ1) is 19.4. The Morgan fingerprint density at radius 3 is 2.76 bits per heavy atom. The van der Waals surface area contributed by atoms with Crippen LogP contribution in [-0.2, 0) is 4.74 Å². The van der Waals surface area contributed by atoms with Crippen LogP contribution in [0.25, 0.3) is 22.3 Å². The van der Waals surface area contributed by atoms with E-state index in [1.165, 1.54) is 12.1 Å². The molecule has 0 bridgehead atoms. The van der Waals surface area contributed by atoms with Crippen LogP contribution in [0, 0.1) is 5.82 Å². The van der Waals surface area contributed by atoms with Gasteiger partial charge in [-0.1, -0.05) is 0 Å². The van der Waals surface area contributed by atoms with Gasteiger partial charge >= 0.3 is 0 Å². The summed E-state index contributed by atoms with van der Waals surface area (Å²) in [5, 5.41) is 15.9. The maximum atomic E-state index is 13.4. The second kappa shape index (κ2) is 7.85. The fourth-order valence-electron chi connectivity index (χ4n) is 3.75. The van der Waals surface area contributed by atoms with Crippen molar-refractivity contribution in [2.75, 3.05) is 25.5 Å². The molecule has 4 rings (SSSR count). The second-order valence-corrected chi connectivity index (χ2v) is 7.12. The molecular formula is C22H23FN2O4. The smallest absolute Gasteiger partial charge is 0.255 e. The van der Waals surface area contributed by atoms with Gasteiger partial charge in [0.1, 0.15) is 17.2 Å². The van der Waals surface area contributed by atoms with Crippen molar-refractivity contribution in [1.82, 2.24) is 5.32 Å². The molecule has 0 unspecified atom stereocenters. The maximum absolute atomic E-state index is 13.4. The number of aliphatic hydroxyl groups excluding tert-OH is 1. The van der Waals surface area contributed by atoms with Gasteiger partial charge in [0.15, 0.2) is 0 Å². The molecule has 7 heteroatoms. The summed E-state index contributed by atoms with van der Waals surface area (Å²) in [7, 11) is 1.56. The molecule has 6 nitrogen and oxygen atoms in total. The Bertz CT molecular complexity index is 1050. The molecule has 0 radical (unpaired) electrons. The van der Waals surface area contributed by atoms with E-state index in [0.717, 1.165) is 11.3 Å². The number of amides is 1. The highest BCUT2D eigenvalue weighted by Gasteiger charge is 2.27. The lowest BCUT2D eigenvalue weighted by Gasteiger charge is -2.18. The number of rotatable bonds is 4. The lowest BCUT2D eigenvalue weighted by atomic mass is 10.0. The van der Waals surface area contributed by atoms with Gasteiger partial charge in [-0.2, -0.15) is 0 Å². The van der Waals surface area contributed by atoms with E-state index in [9.17, 15) is 14.3 Å². The van der Waals surface area contributed by atoms with Crippen LogP contribution >= 0.6 is 0 Å². The Morgan fingerprint density at radius 2 is 2.07 bits per heavy atom. The van der Waals surface area contributed by atoms with Crippen LogP contribution in [0.15, 0.2) is 40.8 Å². The Morgan fingerprint density at radius 1 is 1.31 bits per heavy atom. The lowest BCUT2D eigenvalue weighted by molar-refractivity contribution is -0.00436. The first-order valence-electron chi connectivity index (χ1n) is 9.60. The van der Waals surface area contributed by atoms with Crippen LogP contribution in [0.2, 0.25) is 0 Å². The molecule has 1 aliphatic heterocycles. The second-order valence-electron chi connectivity index (χ2n) is 7.12. The van der Waals surface area contributed by atoms with Gasteiger partial charge in [-0.05, 0) is 43.7 Å². The summed E-state index contributed by atoms with van der Waals surface area (Å²) in [4.78, 5) is 12.7. The van der Waals surface area contributed by atoms with Gasteiger partial charge in [-0.3, -0.25) is 4.79 Å². The van der Waals surface area contributed by atoms with Crippen molar-refractivity contribution < 1.29 is 23.4 Å². The zero-order valence-corrected chi connectivity index (χ0v) is 16.3. The highest BCUT2D eigenvalue weighted by molar-refractivity contribution is 6.11. The van der Waals surface area contributed by atoms with E-state index < -0.39 is 0 Å². The molecule has 0 spiro atoms. The van der Waals surface area contributed by atoms with Crippen molar-refractivity contribution in [3.05, 3.63) is 53.3 Å². The Labute approximate surface area is 167 Å². The fraction of sp³-hybridized carbons (Fsp3) is 0.318. The molecule has 0 saturated heterocycles. The number of carbonyl (C=O) groups excluding carboxylic acids is 1. The average Bonchev–Trinajstić information content (AvgIpc) is 3.02. The lowest BCUT2D eigenvalue weighted by Crippen LogP contribution is -2.22. The van der Waals surface area contributed by atoms with Gasteiger partial charge in [0, 0.05) is 48.5 Å². The van der Waals surface area contributed by atoms with Crippen LogP contribution in [0.1, 0.15) is 35.4 Å². The molecule has 2 aromatic carbocycles. The van der Waals surface area contributed by atoms with E-state index in [0.29, 0.717) is 40.8 Å². The molecule has 1 amide bonds. The van der Waals surface area contributed by atoms with Crippen molar-refractivity contribution in [2.45, 2.75) is 25.6 Å². The zero-order chi connectivity index (χ0) is 20.5. The SMILES string of the molecule is CNC(=O)c1c(-c2ccc(F)cc2)oc2cc3c(cc12)[C@H](C)O[C@H](CCO)CN3. The van der Waals surface area contributed by atoms with Crippen LogP contribution in [0.5, 0.6) is 0 Å². The maximum Gasteiger partial charge on any atom is 0.255 e. The third-order valence-corrected chi connectivity index (χ3v) is 5.23. The number of hydrogen-bond donors (Lipinski definition) is 3. The first-order chi connectivity index (χ1) is 14.0. The predicted molar refractivity (Wildman–Crippen MR) is 108 cm³/mol. The minimum absolute atomic E-state index is 0.0552. The van der Waals surface area contributed by atoms with E-state index in [1.807, 2.05) is 19.1 Å². The van der Waals surface area contributed by atoms with Crippen molar-refractivity contribution in [2.24, 2.45) is 0 Å². The molecule has 152 valence electrons. The van der Waals surface area contributed by atoms with E-state index in [1.54, 1.807) is 19.2 Å². The Balaban J connectivity index is 1.87. The number of hydrogen-bond acceptors (Lipinski definition) is 5. The summed E-state index contributed by atoms with van der Waals surface area (Å²) < 4.78 is 25.5. The molecule has 0 aliphatic carbocycles. The number of fused-ring (bicyclic) bond motifs is 2. The number of ether oxygens (including phenoxy) is 1. The molecule has 1 aromatic heterocycles. The minimum Gasteiger partial charge on any atom is -0.455 e. The number of halogens is 1. The monoisotopic (exact) mass is 398 g/mol. The summed E-state index contributed by atoms with van der Waals surface area (Å²) in [5.41, 5.74) is 3.36. The number of aliphatic hydroxyl groups is 1. The fourth-order valence-corrected chi connectivity index (χ4v) is 3.75. The van der Waals surface area contributed by atoms with E-state index in [4.69, 9.17) is 9.15 Å². The van der Waals surface area contributed by atoms with E-state index >= 15 is 0 Å². The van der Waals surface area contributed by atoms with Crippen LogP contribution < -0.4 is 10.6 Å². The van der Waals surface area contributed by atoms with Gasteiger partial charge < -0.3 is 24.9 Å². The summed E-state index contributed by atoms with van der Waals surface area (Å²) in [5.74, 6) is -0.242. The molecule has 3 aromatic rings. The van der Waals surface area contributed by atoms with Gasteiger partial charge in [0.25, 0.3) is 5.91 Å². The molecular weight excluding hydrogens is 375 g/mol. The molecule has 1 aliphatic rings. The molecule has 0 fully saturated rings. The molecule has 0 saturated carbocycles. The van der Waals surface area contributed by atoms with Crippen LogP contribution in [0.3, 0.4) is 0 Å². The Kier molecular flexibility index (Phi) is 5.25. The number of benzene rings is 2. The zero-order valence-electron chi connectivity index (χ0n) is 16.3. The van der Waals surface area contributed by atoms with E-state index in [-0.39, 0.29) is 30.5 Å². The van der Waals surface area contributed by atoms with Crippen molar-refractivity contribution in [3.63, 3.8) is 0 Å². The summed E-state index contributed by atoms with van der Waals surface area (Å²) >= 11 is 0. The average molecular weight is 398 g/mol. The third-order valence-electron chi connectivity index (χ3n) is 5.23. The van der Waals surface area contributed by atoms with Gasteiger partial charge in [-0.25, -0.2) is 4.39 Å². The highest BCUT2D eigenvalue weighted by Crippen LogP contribution is 2.39. The molecule has 2 heterocycles. The molecule has 29 heavy (non-hydrogen) atoms. The van der Waals surface area contributed by atoms with Crippen molar-refractivity contribution in [3.8, 4) is 11.3 Å². The summed E-state index contributed by atoms with van der Waals surface area (Å²) in [6, 6.07) is 9.63. The molecule has 2 atom stereocenters. The van der Waals surface area contributed by atoms with Crippen LogP contribution in [-0.4, -0.2) is 37.3 Å². The standard InChI is InChI=1S/C22H23FN2O4/c1-12-16-9-17-19(10-18(16)25-11-15(28-12)7-8-26)29-21(20(17)22(27)24-2)13-3-5-14(23)6-4-13/h3-6,9-10,12,15,25-26H,7-8,11H2,1-2H3,(H,24,27)/t12-,15+/m0/s1. The topological polar surface area (TPSA) is 83.7 Å². The Hall–Kier alpha value is -2.90. The summed E-state index contributed by atoms with van der Waals surface area (Å²) in [6.07, 6.45) is 0.212. The number of anilines is 1. The normalized spacial score (nSPS) is 18.8. The number of nitrogens with one attached hydrogen (secondary N) is 2. The number of furan rings is 1. The van der Waals surface area contributed by atoms with Crippen molar-refractivity contribution >= 4 is 22.6 Å². The predicted octanol–water partition coefficient (Wildman–Crippen LogP) is 3.85. The highest BCUT2D eigenvalue weighted by atomic mass is 19.1. The van der Waals surface area contributed by atoms with Gasteiger partial charge in [0.2, 0.25) is 0 Å². The van der Waals surface area contributed by atoms with Gasteiger partial charge in [0.05, 0.1) is 17.8 Å². The van der Waals surface area contributed by atoms with Crippen LogP contribution in [0.4, 0.5) is 10.1 Å². The quantitative estimate of drug-likeness (QED) is 0.622. The molecule has 3 N–H and O–H groups in total. The third kappa shape index (κ3) is 3.59. The van der Waals surface area contributed by atoms with E-state index in [2.05, 4.69) is 10.6 Å². The minimum atomic E-state index is -0.356.